The van der Waals surface area contributed by atoms with Crippen LogP contribution in [0.2, 0.25) is 0 Å². The van der Waals surface area contributed by atoms with Crippen molar-refractivity contribution in [3.8, 4) is 6.07 Å². The largest absolute Gasteiger partial charge is 0.396 e. The maximum absolute atomic E-state index is 12.4. The summed E-state index contributed by atoms with van der Waals surface area (Å²) in [4.78, 5) is 14.4. The van der Waals surface area contributed by atoms with E-state index >= 15 is 0 Å². The van der Waals surface area contributed by atoms with Crippen LogP contribution in [-0.2, 0) is 4.79 Å². The summed E-state index contributed by atoms with van der Waals surface area (Å²) < 4.78 is 0. The van der Waals surface area contributed by atoms with E-state index in [1.165, 1.54) is 0 Å². The third kappa shape index (κ3) is 4.84. The number of carbonyl (C=O) groups is 1. The van der Waals surface area contributed by atoms with Crippen LogP contribution in [0.15, 0.2) is 42.0 Å². The molecule has 0 heterocycles. The van der Waals surface area contributed by atoms with Gasteiger partial charge < -0.3 is 15.3 Å². The zero-order valence-corrected chi connectivity index (χ0v) is 15.7. The molecule has 5 heteroatoms. The first-order valence-corrected chi connectivity index (χ1v) is 8.52. The van der Waals surface area contributed by atoms with Gasteiger partial charge in [0, 0.05) is 31.9 Å². The summed E-state index contributed by atoms with van der Waals surface area (Å²) in [5.41, 5.74) is 1.37. The molecule has 0 bridgehead atoms. The standard InChI is InChI=1S/C21H25N3O2/c1-21(2,9-10-25)23-20(26)18(14-22)12-15-5-6-17-13-19(24(3)4)8-7-16(17)11-15/h5-8,11-13,25H,9-10H2,1-4H3,(H,23,26)/b18-12+. The molecule has 0 aliphatic carbocycles. The molecule has 2 rings (SSSR count). The average Bonchev–Trinajstić information content (AvgIpc) is 2.58. The predicted molar refractivity (Wildman–Crippen MR) is 106 cm³/mol. The molecule has 0 atom stereocenters. The number of hydrogen-bond acceptors (Lipinski definition) is 4. The molecule has 0 aliphatic rings. The van der Waals surface area contributed by atoms with E-state index in [0.717, 1.165) is 22.0 Å². The van der Waals surface area contributed by atoms with Crippen molar-refractivity contribution in [2.24, 2.45) is 0 Å². The first kappa shape index (κ1) is 19.5. The molecule has 0 fully saturated rings. The summed E-state index contributed by atoms with van der Waals surface area (Å²) >= 11 is 0. The van der Waals surface area contributed by atoms with Crippen LogP contribution in [0.3, 0.4) is 0 Å². The third-order valence-electron chi connectivity index (χ3n) is 4.23. The van der Waals surface area contributed by atoms with Crippen molar-refractivity contribution in [2.75, 3.05) is 25.6 Å². The maximum atomic E-state index is 12.4. The molecule has 0 saturated carbocycles. The molecule has 0 spiro atoms. The van der Waals surface area contributed by atoms with E-state index in [2.05, 4.69) is 11.4 Å². The Morgan fingerprint density at radius 2 is 1.88 bits per heavy atom. The average molecular weight is 351 g/mol. The number of aliphatic hydroxyl groups is 1. The van der Waals surface area contributed by atoms with Crippen molar-refractivity contribution in [3.05, 3.63) is 47.5 Å². The Kier molecular flexibility index (Phi) is 6.01. The number of nitrogens with one attached hydrogen (secondary N) is 1. The third-order valence-corrected chi connectivity index (χ3v) is 4.23. The number of hydrogen-bond donors (Lipinski definition) is 2. The fraction of sp³-hybridized carbons (Fsp3) is 0.333. The highest BCUT2D eigenvalue weighted by Crippen LogP contribution is 2.23. The summed E-state index contributed by atoms with van der Waals surface area (Å²) in [7, 11) is 3.99. The number of benzene rings is 2. The van der Waals surface area contributed by atoms with Gasteiger partial charge in [-0.1, -0.05) is 18.2 Å². The molecule has 2 aromatic rings. The van der Waals surface area contributed by atoms with Crippen molar-refractivity contribution in [3.63, 3.8) is 0 Å². The van der Waals surface area contributed by atoms with E-state index in [4.69, 9.17) is 5.11 Å². The highest BCUT2D eigenvalue weighted by molar-refractivity contribution is 6.02. The van der Waals surface area contributed by atoms with Gasteiger partial charge in [-0.15, -0.1) is 0 Å². The van der Waals surface area contributed by atoms with Gasteiger partial charge in [-0.3, -0.25) is 4.79 Å². The minimum absolute atomic E-state index is 0.0293. The number of aliphatic hydroxyl groups excluding tert-OH is 1. The van der Waals surface area contributed by atoms with Crippen LogP contribution in [0, 0.1) is 11.3 Å². The van der Waals surface area contributed by atoms with Crippen LogP contribution in [0.4, 0.5) is 5.69 Å². The number of nitrogens with zero attached hydrogens (tertiary/aromatic N) is 2. The minimum atomic E-state index is -0.576. The lowest BCUT2D eigenvalue weighted by Crippen LogP contribution is -2.44. The molecule has 0 aliphatic heterocycles. The number of fused-ring (bicyclic) bond motifs is 1. The monoisotopic (exact) mass is 351 g/mol. The Hall–Kier alpha value is -2.84. The Morgan fingerprint density at radius 3 is 2.50 bits per heavy atom. The highest BCUT2D eigenvalue weighted by Gasteiger charge is 2.21. The van der Waals surface area contributed by atoms with Crippen molar-refractivity contribution in [1.82, 2.24) is 5.32 Å². The number of rotatable bonds is 6. The van der Waals surface area contributed by atoms with Gasteiger partial charge >= 0.3 is 0 Å². The molecule has 136 valence electrons. The lowest BCUT2D eigenvalue weighted by Gasteiger charge is -2.25. The Balaban J connectivity index is 2.29. The molecular formula is C21H25N3O2. The molecule has 0 unspecified atom stereocenters. The maximum Gasteiger partial charge on any atom is 0.262 e. The van der Waals surface area contributed by atoms with E-state index < -0.39 is 11.4 Å². The first-order valence-electron chi connectivity index (χ1n) is 8.52. The molecule has 0 aromatic heterocycles. The van der Waals surface area contributed by atoms with E-state index in [-0.39, 0.29) is 12.2 Å². The lowest BCUT2D eigenvalue weighted by atomic mass is 10.00. The summed E-state index contributed by atoms with van der Waals surface area (Å²) in [5.74, 6) is -0.436. The van der Waals surface area contributed by atoms with Crippen LogP contribution in [0.1, 0.15) is 25.8 Å². The second-order valence-electron chi connectivity index (χ2n) is 7.17. The second kappa shape index (κ2) is 8.03. The SMILES string of the molecule is CN(C)c1ccc2cc(/C=C(\C#N)C(=O)NC(C)(C)CCO)ccc2c1. The van der Waals surface area contributed by atoms with Gasteiger partial charge in [0.1, 0.15) is 11.6 Å². The number of amides is 1. The first-order chi connectivity index (χ1) is 12.3. The van der Waals surface area contributed by atoms with Crippen molar-refractivity contribution in [2.45, 2.75) is 25.8 Å². The van der Waals surface area contributed by atoms with E-state index in [1.54, 1.807) is 6.08 Å². The van der Waals surface area contributed by atoms with Gasteiger partial charge in [0.2, 0.25) is 0 Å². The molecule has 2 aromatic carbocycles. The van der Waals surface area contributed by atoms with Gasteiger partial charge in [-0.2, -0.15) is 5.26 Å². The van der Waals surface area contributed by atoms with Gasteiger partial charge in [0.05, 0.1) is 0 Å². The quantitative estimate of drug-likeness (QED) is 0.619. The zero-order chi connectivity index (χ0) is 19.3. The van der Waals surface area contributed by atoms with E-state index in [0.29, 0.717) is 6.42 Å². The highest BCUT2D eigenvalue weighted by atomic mass is 16.3. The van der Waals surface area contributed by atoms with Crippen LogP contribution in [0.25, 0.3) is 16.8 Å². The number of carbonyl (C=O) groups excluding carboxylic acids is 1. The Bertz CT molecular complexity index is 876. The number of anilines is 1. The van der Waals surface area contributed by atoms with Crippen LogP contribution in [0.5, 0.6) is 0 Å². The van der Waals surface area contributed by atoms with E-state index in [9.17, 15) is 10.1 Å². The summed E-state index contributed by atoms with van der Waals surface area (Å²) in [5, 5.41) is 23.4. The normalized spacial score (nSPS) is 11.9. The molecule has 0 radical (unpaired) electrons. The molecule has 5 nitrogen and oxygen atoms in total. The summed E-state index contributed by atoms with van der Waals surface area (Å²) in [6, 6.07) is 14.0. The summed E-state index contributed by atoms with van der Waals surface area (Å²) in [6.45, 7) is 3.60. The van der Waals surface area contributed by atoms with Gasteiger partial charge in [0.15, 0.2) is 0 Å². The van der Waals surface area contributed by atoms with E-state index in [1.807, 2.05) is 69.2 Å². The fourth-order valence-corrected chi connectivity index (χ4v) is 2.65. The number of nitriles is 1. The smallest absolute Gasteiger partial charge is 0.262 e. The van der Waals surface area contributed by atoms with Gasteiger partial charge in [0.25, 0.3) is 5.91 Å². The molecular weight excluding hydrogens is 326 g/mol. The predicted octanol–water partition coefficient (Wildman–Crippen LogP) is 3.09. The second-order valence-corrected chi connectivity index (χ2v) is 7.17. The topological polar surface area (TPSA) is 76.4 Å². The zero-order valence-electron chi connectivity index (χ0n) is 15.7. The Labute approximate surface area is 154 Å². The van der Waals surface area contributed by atoms with Crippen molar-refractivity contribution < 1.29 is 9.90 Å². The van der Waals surface area contributed by atoms with Crippen molar-refractivity contribution >= 4 is 28.4 Å². The molecule has 0 saturated heterocycles. The molecule has 2 N–H and O–H groups in total. The fourth-order valence-electron chi connectivity index (χ4n) is 2.65. The van der Waals surface area contributed by atoms with Crippen LogP contribution in [-0.4, -0.2) is 37.3 Å². The molecule has 26 heavy (non-hydrogen) atoms. The minimum Gasteiger partial charge on any atom is -0.396 e. The molecule has 1 amide bonds. The lowest BCUT2D eigenvalue weighted by molar-refractivity contribution is -0.118. The van der Waals surface area contributed by atoms with Crippen LogP contribution >= 0.6 is 0 Å². The summed E-state index contributed by atoms with van der Waals surface area (Å²) in [6.07, 6.45) is 2.01. The van der Waals surface area contributed by atoms with Crippen LogP contribution < -0.4 is 10.2 Å². The Morgan fingerprint density at radius 1 is 1.23 bits per heavy atom. The van der Waals surface area contributed by atoms with Gasteiger partial charge in [-0.25, -0.2) is 0 Å². The van der Waals surface area contributed by atoms with Gasteiger partial charge in [-0.05, 0) is 60.9 Å². The van der Waals surface area contributed by atoms with Crippen molar-refractivity contribution in [1.29, 1.82) is 5.26 Å².